The highest BCUT2D eigenvalue weighted by Crippen LogP contribution is 2.26. The zero-order chi connectivity index (χ0) is 13.1. The average molecular weight is 248 g/mol. The minimum atomic E-state index is 0.116. The van der Waals surface area contributed by atoms with Crippen LogP contribution >= 0.6 is 0 Å². The standard InChI is InChI=1S/C15H24N2O/c1-11-9-17(10-12(2)18-11)15(13(3)16)14-7-5-4-6-8-14/h4-8,11-13,15H,9-10,16H2,1-3H3/t11-,12+,13?,15?. The largest absolute Gasteiger partial charge is 0.373 e. The van der Waals surface area contributed by atoms with Crippen LogP contribution in [-0.2, 0) is 4.74 Å². The van der Waals surface area contributed by atoms with Crippen LogP contribution in [0.15, 0.2) is 30.3 Å². The van der Waals surface area contributed by atoms with Crippen molar-refractivity contribution in [2.24, 2.45) is 5.73 Å². The molecule has 0 aliphatic carbocycles. The van der Waals surface area contributed by atoms with Crippen LogP contribution in [0.2, 0.25) is 0 Å². The molecule has 1 aromatic carbocycles. The number of benzene rings is 1. The number of ether oxygens (including phenoxy) is 1. The van der Waals surface area contributed by atoms with Crippen LogP contribution in [0.5, 0.6) is 0 Å². The lowest BCUT2D eigenvalue weighted by atomic mass is 9.98. The summed E-state index contributed by atoms with van der Waals surface area (Å²) in [5.41, 5.74) is 7.51. The van der Waals surface area contributed by atoms with E-state index >= 15 is 0 Å². The van der Waals surface area contributed by atoms with Gasteiger partial charge in [-0.2, -0.15) is 0 Å². The fraction of sp³-hybridized carbons (Fsp3) is 0.600. The molecule has 18 heavy (non-hydrogen) atoms. The quantitative estimate of drug-likeness (QED) is 0.891. The highest BCUT2D eigenvalue weighted by Gasteiger charge is 2.30. The summed E-state index contributed by atoms with van der Waals surface area (Å²) in [6.45, 7) is 8.25. The second-order valence-electron chi connectivity index (χ2n) is 5.43. The van der Waals surface area contributed by atoms with Crippen LogP contribution in [0.4, 0.5) is 0 Å². The Bertz CT molecular complexity index is 356. The predicted molar refractivity (Wildman–Crippen MR) is 74.4 cm³/mol. The first-order valence-corrected chi connectivity index (χ1v) is 6.78. The van der Waals surface area contributed by atoms with E-state index in [-0.39, 0.29) is 24.3 Å². The van der Waals surface area contributed by atoms with Gasteiger partial charge in [-0.3, -0.25) is 4.90 Å². The van der Waals surface area contributed by atoms with Gasteiger partial charge < -0.3 is 10.5 Å². The molecule has 1 heterocycles. The lowest BCUT2D eigenvalue weighted by Crippen LogP contribution is -2.50. The van der Waals surface area contributed by atoms with E-state index in [0.717, 1.165) is 13.1 Å². The van der Waals surface area contributed by atoms with Crippen LogP contribution in [0.3, 0.4) is 0 Å². The van der Waals surface area contributed by atoms with Crippen LogP contribution in [0.25, 0.3) is 0 Å². The van der Waals surface area contributed by atoms with Crippen molar-refractivity contribution in [1.29, 1.82) is 0 Å². The van der Waals surface area contributed by atoms with Crippen LogP contribution in [0.1, 0.15) is 32.4 Å². The fourth-order valence-corrected chi connectivity index (χ4v) is 2.94. The Morgan fingerprint density at radius 1 is 1.17 bits per heavy atom. The molecule has 0 amide bonds. The molecule has 1 aromatic rings. The van der Waals surface area contributed by atoms with Gasteiger partial charge in [0.25, 0.3) is 0 Å². The monoisotopic (exact) mass is 248 g/mol. The maximum atomic E-state index is 6.21. The van der Waals surface area contributed by atoms with Gasteiger partial charge in [0.2, 0.25) is 0 Å². The Labute approximate surface area is 110 Å². The van der Waals surface area contributed by atoms with Gasteiger partial charge in [0, 0.05) is 25.2 Å². The van der Waals surface area contributed by atoms with Crippen molar-refractivity contribution in [1.82, 2.24) is 4.90 Å². The number of hydrogen-bond acceptors (Lipinski definition) is 3. The van der Waals surface area contributed by atoms with Gasteiger partial charge in [-0.15, -0.1) is 0 Å². The van der Waals surface area contributed by atoms with E-state index in [1.54, 1.807) is 0 Å². The third-order valence-electron chi connectivity index (χ3n) is 3.48. The van der Waals surface area contributed by atoms with Gasteiger partial charge in [0.1, 0.15) is 0 Å². The molecule has 100 valence electrons. The van der Waals surface area contributed by atoms with Crippen molar-refractivity contribution in [3.05, 3.63) is 35.9 Å². The first kappa shape index (κ1) is 13.5. The normalized spacial score (nSPS) is 28.9. The van der Waals surface area contributed by atoms with Crippen molar-refractivity contribution in [3.8, 4) is 0 Å². The van der Waals surface area contributed by atoms with E-state index in [1.165, 1.54) is 5.56 Å². The molecular weight excluding hydrogens is 224 g/mol. The van der Waals surface area contributed by atoms with Gasteiger partial charge in [-0.05, 0) is 26.3 Å². The third-order valence-corrected chi connectivity index (χ3v) is 3.48. The Kier molecular flexibility index (Phi) is 4.38. The smallest absolute Gasteiger partial charge is 0.0678 e. The first-order valence-electron chi connectivity index (χ1n) is 6.78. The molecule has 2 rings (SSSR count). The van der Waals surface area contributed by atoms with E-state index in [0.29, 0.717) is 0 Å². The van der Waals surface area contributed by atoms with Crippen molar-refractivity contribution >= 4 is 0 Å². The second kappa shape index (κ2) is 5.83. The summed E-state index contributed by atoms with van der Waals surface area (Å²) in [6, 6.07) is 10.9. The highest BCUT2D eigenvalue weighted by molar-refractivity contribution is 5.20. The maximum absolute atomic E-state index is 6.21. The van der Waals surface area contributed by atoms with Crippen LogP contribution < -0.4 is 5.73 Å². The number of nitrogens with zero attached hydrogens (tertiary/aromatic N) is 1. The Morgan fingerprint density at radius 2 is 1.72 bits per heavy atom. The Morgan fingerprint density at radius 3 is 2.22 bits per heavy atom. The highest BCUT2D eigenvalue weighted by atomic mass is 16.5. The molecule has 3 nitrogen and oxygen atoms in total. The Balaban J connectivity index is 2.20. The maximum Gasteiger partial charge on any atom is 0.0678 e. The van der Waals surface area contributed by atoms with Gasteiger partial charge in [0.15, 0.2) is 0 Å². The molecular formula is C15H24N2O. The molecule has 0 bridgehead atoms. The number of rotatable bonds is 3. The van der Waals surface area contributed by atoms with Gasteiger partial charge in [-0.1, -0.05) is 30.3 Å². The zero-order valence-electron chi connectivity index (χ0n) is 11.5. The second-order valence-corrected chi connectivity index (χ2v) is 5.43. The summed E-state index contributed by atoms with van der Waals surface area (Å²) in [5, 5.41) is 0. The summed E-state index contributed by atoms with van der Waals surface area (Å²) >= 11 is 0. The van der Waals surface area contributed by atoms with Crippen LogP contribution in [-0.4, -0.2) is 36.2 Å². The van der Waals surface area contributed by atoms with E-state index < -0.39 is 0 Å². The van der Waals surface area contributed by atoms with E-state index in [2.05, 4.69) is 49.9 Å². The molecule has 2 unspecified atom stereocenters. The minimum absolute atomic E-state index is 0.116. The number of morpholine rings is 1. The molecule has 0 aromatic heterocycles. The van der Waals surface area contributed by atoms with Gasteiger partial charge in [0.05, 0.1) is 12.2 Å². The summed E-state index contributed by atoms with van der Waals surface area (Å²) in [5.74, 6) is 0. The van der Waals surface area contributed by atoms with Crippen molar-refractivity contribution in [3.63, 3.8) is 0 Å². The van der Waals surface area contributed by atoms with Crippen molar-refractivity contribution < 1.29 is 4.74 Å². The molecule has 1 saturated heterocycles. The zero-order valence-corrected chi connectivity index (χ0v) is 11.5. The molecule has 4 atom stereocenters. The van der Waals surface area contributed by atoms with E-state index in [4.69, 9.17) is 10.5 Å². The first-order chi connectivity index (χ1) is 8.58. The van der Waals surface area contributed by atoms with Gasteiger partial charge in [-0.25, -0.2) is 0 Å². The molecule has 0 spiro atoms. The number of nitrogens with two attached hydrogens (primary N) is 1. The molecule has 0 saturated carbocycles. The predicted octanol–water partition coefficient (Wildman–Crippen LogP) is 2.18. The molecule has 3 heteroatoms. The SMILES string of the molecule is CC(N)C(c1ccccc1)N1C[C@@H](C)O[C@@H](C)C1. The fourth-order valence-electron chi connectivity index (χ4n) is 2.94. The lowest BCUT2D eigenvalue weighted by molar-refractivity contribution is -0.0831. The summed E-state index contributed by atoms with van der Waals surface area (Å²) < 4.78 is 5.80. The average Bonchev–Trinajstić information content (AvgIpc) is 2.28. The topological polar surface area (TPSA) is 38.5 Å². The molecule has 1 aliphatic rings. The molecule has 0 radical (unpaired) electrons. The lowest BCUT2D eigenvalue weighted by Gasteiger charge is -2.41. The van der Waals surface area contributed by atoms with Crippen LogP contribution in [0, 0.1) is 0 Å². The van der Waals surface area contributed by atoms with E-state index in [1.807, 2.05) is 6.07 Å². The number of hydrogen-bond donors (Lipinski definition) is 1. The van der Waals surface area contributed by atoms with Crippen molar-refractivity contribution in [2.45, 2.75) is 45.1 Å². The Hall–Kier alpha value is -0.900. The minimum Gasteiger partial charge on any atom is -0.373 e. The van der Waals surface area contributed by atoms with E-state index in [9.17, 15) is 0 Å². The third kappa shape index (κ3) is 3.10. The summed E-state index contributed by atoms with van der Waals surface area (Å²) in [7, 11) is 0. The molecule has 1 fully saturated rings. The van der Waals surface area contributed by atoms with Gasteiger partial charge >= 0.3 is 0 Å². The molecule has 2 N–H and O–H groups in total. The molecule has 1 aliphatic heterocycles. The van der Waals surface area contributed by atoms with Crippen molar-refractivity contribution in [2.75, 3.05) is 13.1 Å². The summed E-state index contributed by atoms with van der Waals surface area (Å²) in [4.78, 5) is 2.46. The summed E-state index contributed by atoms with van der Waals surface area (Å²) in [6.07, 6.45) is 0.553.